The Morgan fingerprint density at radius 1 is 1.24 bits per heavy atom. The molecule has 0 fully saturated rings. The monoisotopic (exact) mass is 283 g/mol. The number of nitrogens with zero attached hydrogens (tertiary/aromatic N) is 5. The third kappa shape index (κ3) is 2.78. The number of nitrogens with one attached hydrogen (secondary N) is 2. The van der Waals surface area contributed by atoms with Crippen LogP contribution in [-0.4, -0.2) is 36.1 Å². The quantitative estimate of drug-likeness (QED) is 0.749. The van der Waals surface area contributed by atoms with Crippen LogP contribution in [0, 0.1) is 0 Å². The summed E-state index contributed by atoms with van der Waals surface area (Å²) in [4.78, 5) is 17.5. The lowest BCUT2D eigenvalue weighted by Crippen LogP contribution is -2.14. The Kier molecular flexibility index (Phi) is 3.42. The molecule has 21 heavy (non-hydrogen) atoms. The Bertz CT molecular complexity index is 730. The first-order valence-corrected chi connectivity index (χ1v) is 6.45. The number of aromatic amines is 1. The summed E-state index contributed by atoms with van der Waals surface area (Å²) in [6, 6.07) is 7.16. The number of amides is 1. The van der Waals surface area contributed by atoms with Crippen LogP contribution in [0.5, 0.6) is 0 Å². The lowest BCUT2D eigenvalue weighted by atomic mass is 10.3. The number of aryl methyl sites for hydroxylation is 1. The minimum Gasteiger partial charge on any atom is -0.319 e. The molecule has 0 aliphatic rings. The number of aromatic nitrogens is 6. The Labute approximate surface area is 120 Å². The predicted octanol–water partition coefficient (Wildman–Crippen LogP) is 1.20. The standard InChI is InChI=1S/C13H13N7O/c1-2-11-17-12(19-18-11)13(21)16-9-3-5-10(6-4-9)20-14-7-8-15-20/h3-8H,2H2,1H3,(H,16,21)(H,17,18,19). The summed E-state index contributed by atoms with van der Waals surface area (Å²) < 4.78 is 0. The van der Waals surface area contributed by atoms with Crippen LogP contribution in [0.1, 0.15) is 23.4 Å². The van der Waals surface area contributed by atoms with Crippen LogP contribution in [0.3, 0.4) is 0 Å². The van der Waals surface area contributed by atoms with E-state index in [-0.39, 0.29) is 11.7 Å². The molecule has 106 valence electrons. The Morgan fingerprint density at radius 2 is 1.95 bits per heavy atom. The molecule has 0 aliphatic heterocycles. The number of rotatable bonds is 4. The molecule has 3 aromatic rings. The normalized spacial score (nSPS) is 10.5. The minimum absolute atomic E-state index is 0.129. The van der Waals surface area contributed by atoms with E-state index in [4.69, 9.17) is 0 Å². The van der Waals surface area contributed by atoms with Crippen molar-refractivity contribution in [1.29, 1.82) is 0 Å². The Morgan fingerprint density at radius 3 is 2.57 bits per heavy atom. The fraction of sp³-hybridized carbons (Fsp3) is 0.154. The van der Waals surface area contributed by atoms with Gasteiger partial charge in [-0.25, -0.2) is 4.98 Å². The minimum atomic E-state index is -0.351. The highest BCUT2D eigenvalue weighted by Crippen LogP contribution is 2.12. The van der Waals surface area contributed by atoms with Gasteiger partial charge in [0.25, 0.3) is 5.91 Å². The molecule has 2 N–H and O–H groups in total. The van der Waals surface area contributed by atoms with Gasteiger partial charge in [-0.15, -0.1) is 5.10 Å². The molecule has 1 amide bonds. The SMILES string of the molecule is CCc1nc(C(=O)Nc2ccc(-n3nccn3)cc2)n[nH]1. The molecule has 8 nitrogen and oxygen atoms in total. The molecule has 0 aliphatic carbocycles. The average molecular weight is 283 g/mol. The van der Waals surface area contributed by atoms with Gasteiger partial charge in [-0.1, -0.05) is 6.92 Å². The molecule has 0 spiro atoms. The number of anilines is 1. The maximum atomic E-state index is 12.0. The lowest BCUT2D eigenvalue weighted by molar-refractivity contribution is 0.101. The number of carbonyl (C=O) groups is 1. The smallest absolute Gasteiger partial charge is 0.295 e. The number of hydrogen-bond donors (Lipinski definition) is 2. The predicted molar refractivity (Wildman–Crippen MR) is 75.1 cm³/mol. The van der Waals surface area contributed by atoms with E-state index >= 15 is 0 Å². The number of H-pyrrole nitrogens is 1. The van der Waals surface area contributed by atoms with Crippen molar-refractivity contribution in [1.82, 2.24) is 30.2 Å². The summed E-state index contributed by atoms with van der Waals surface area (Å²) in [5, 5.41) is 17.4. The third-order valence-corrected chi connectivity index (χ3v) is 2.84. The molecular formula is C13H13N7O. The van der Waals surface area contributed by atoms with Crippen molar-refractivity contribution >= 4 is 11.6 Å². The van der Waals surface area contributed by atoms with Crippen LogP contribution < -0.4 is 5.32 Å². The molecule has 2 heterocycles. The van der Waals surface area contributed by atoms with Crippen molar-refractivity contribution in [2.75, 3.05) is 5.32 Å². The van der Waals surface area contributed by atoms with Gasteiger partial charge >= 0.3 is 0 Å². The van der Waals surface area contributed by atoms with Gasteiger partial charge in [0.15, 0.2) is 0 Å². The molecular weight excluding hydrogens is 270 g/mol. The van der Waals surface area contributed by atoms with Crippen LogP contribution in [0.25, 0.3) is 5.69 Å². The van der Waals surface area contributed by atoms with Crippen molar-refractivity contribution in [2.24, 2.45) is 0 Å². The summed E-state index contributed by atoms with van der Waals surface area (Å²) in [5.74, 6) is 0.459. The molecule has 0 bridgehead atoms. The lowest BCUT2D eigenvalue weighted by Gasteiger charge is -2.04. The zero-order chi connectivity index (χ0) is 14.7. The van der Waals surface area contributed by atoms with Gasteiger partial charge in [0.1, 0.15) is 5.82 Å². The number of hydrogen-bond acceptors (Lipinski definition) is 5. The highest BCUT2D eigenvalue weighted by Gasteiger charge is 2.12. The summed E-state index contributed by atoms with van der Waals surface area (Å²) in [6.45, 7) is 1.93. The van der Waals surface area contributed by atoms with Gasteiger partial charge in [-0.3, -0.25) is 9.89 Å². The molecule has 0 saturated carbocycles. The molecule has 0 saturated heterocycles. The van der Waals surface area contributed by atoms with Crippen LogP contribution in [0.15, 0.2) is 36.7 Å². The fourth-order valence-electron chi connectivity index (χ4n) is 1.77. The average Bonchev–Trinajstić information content (AvgIpc) is 3.19. The van der Waals surface area contributed by atoms with E-state index < -0.39 is 0 Å². The summed E-state index contributed by atoms with van der Waals surface area (Å²) in [6.07, 6.45) is 3.90. The van der Waals surface area contributed by atoms with Crippen LogP contribution in [0.2, 0.25) is 0 Å². The zero-order valence-electron chi connectivity index (χ0n) is 11.3. The first-order valence-electron chi connectivity index (χ1n) is 6.45. The van der Waals surface area contributed by atoms with Gasteiger partial charge in [0.2, 0.25) is 5.82 Å². The second-order valence-corrected chi connectivity index (χ2v) is 4.28. The van der Waals surface area contributed by atoms with Crippen molar-refractivity contribution in [3.05, 3.63) is 48.3 Å². The van der Waals surface area contributed by atoms with Gasteiger partial charge in [0, 0.05) is 12.1 Å². The van der Waals surface area contributed by atoms with Crippen LogP contribution in [0.4, 0.5) is 5.69 Å². The highest BCUT2D eigenvalue weighted by molar-refractivity contribution is 6.01. The largest absolute Gasteiger partial charge is 0.319 e. The molecule has 0 unspecified atom stereocenters. The summed E-state index contributed by atoms with van der Waals surface area (Å²) >= 11 is 0. The van der Waals surface area contributed by atoms with E-state index in [2.05, 4.69) is 30.7 Å². The van der Waals surface area contributed by atoms with E-state index in [1.807, 2.05) is 19.1 Å². The third-order valence-electron chi connectivity index (χ3n) is 2.84. The topological polar surface area (TPSA) is 101 Å². The molecule has 2 aromatic heterocycles. The second kappa shape index (κ2) is 5.53. The van der Waals surface area contributed by atoms with E-state index in [9.17, 15) is 4.79 Å². The fourth-order valence-corrected chi connectivity index (χ4v) is 1.77. The second-order valence-electron chi connectivity index (χ2n) is 4.28. The molecule has 0 radical (unpaired) electrons. The molecule has 0 atom stereocenters. The van der Waals surface area contributed by atoms with E-state index in [1.54, 1.807) is 24.5 Å². The molecule has 3 rings (SSSR count). The van der Waals surface area contributed by atoms with Gasteiger partial charge in [-0.2, -0.15) is 15.0 Å². The summed E-state index contributed by atoms with van der Waals surface area (Å²) in [5.41, 5.74) is 1.46. The van der Waals surface area contributed by atoms with Gasteiger partial charge < -0.3 is 5.32 Å². The van der Waals surface area contributed by atoms with E-state index in [1.165, 1.54) is 4.80 Å². The van der Waals surface area contributed by atoms with E-state index in [0.29, 0.717) is 17.9 Å². The van der Waals surface area contributed by atoms with Crippen LogP contribution in [-0.2, 0) is 6.42 Å². The number of benzene rings is 1. The van der Waals surface area contributed by atoms with Crippen molar-refractivity contribution in [2.45, 2.75) is 13.3 Å². The van der Waals surface area contributed by atoms with Crippen molar-refractivity contribution in [3.63, 3.8) is 0 Å². The first kappa shape index (κ1) is 13.0. The Balaban J connectivity index is 1.71. The molecule has 1 aromatic carbocycles. The number of carbonyl (C=O) groups excluding carboxylic acids is 1. The van der Waals surface area contributed by atoms with Gasteiger partial charge in [0.05, 0.1) is 18.1 Å². The first-order chi connectivity index (χ1) is 10.3. The molecule has 8 heteroatoms. The maximum absolute atomic E-state index is 12.0. The highest BCUT2D eigenvalue weighted by atomic mass is 16.2. The van der Waals surface area contributed by atoms with Gasteiger partial charge in [-0.05, 0) is 24.3 Å². The Hall–Kier alpha value is -3.03. The van der Waals surface area contributed by atoms with E-state index in [0.717, 1.165) is 5.69 Å². The zero-order valence-corrected chi connectivity index (χ0v) is 11.3. The maximum Gasteiger partial charge on any atom is 0.295 e. The summed E-state index contributed by atoms with van der Waals surface area (Å²) in [7, 11) is 0. The van der Waals surface area contributed by atoms with Crippen molar-refractivity contribution in [3.8, 4) is 5.69 Å². The van der Waals surface area contributed by atoms with Crippen molar-refractivity contribution < 1.29 is 4.79 Å². The van der Waals surface area contributed by atoms with Crippen LogP contribution >= 0.6 is 0 Å².